The molecule has 0 saturated heterocycles. The van der Waals surface area contributed by atoms with Gasteiger partial charge in [0, 0.05) is 12.1 Å². The number of nitrogens with zero attached hydrogens (tertiary/aromatic N) is 2. The smallest absolute Gasteiger partial charge is 0.232 e. The zero-order valence-electron chi connectivity index (χ0n) is 11.6. The second-order valence-electron chi connectivity index (χ2n) is 3.91. The summed E-state index contributed by atoms with van der Waals surface area (Å²) in [6.45, 7) is 2.56. The quantitative estimate of drug-likeness (QED) is 0.902. The highest BCUT2D eigenvalue weighted by Crippen LogP contribution is 2.33. The van der Waals surface area contributed by atoms with Crippen molar-refractivity contribution in [1.82, 2.24) is 4.98 Å². The Hall–Kier alpha value is -2.68. The van der Waals surface area contributed by atoms with E-state index in [0.29, 0.717) is 35.4 Å². The zero-order valence-corrected chi connectivity index (χ0v) is 11.6. The number of hydrogen-bond acceptors (Lipinski definition) is 6. The fourth-order valence-corrected chi connectivity index (χ4v) is 1.77. The number of benzene rings is 1. The summed E-state index contributed by atoms with van der Waals surface area (Å²) >= 11 is 0. The van der Waals surface area contributed by atoms with Crippen LogP contribution in [0.3, 0.4) is 0 Å². The predicted molar refractivity (Wildman–Crippen MR) is 73.9 cm³/mol. The molecular weight excluding hydrogens is 258 g/mol. The molecule has 0 spiro atoms. The summed E-state index contributed by atoms with van der Waals surface area (Å²) in [7, 11) is 3.13. The lowest BCUT2D eigenvalue weighted by Gasteiger charge is -2.07. The first-order valence-electron chi connectivity index (χ1n) is 6.10. The molecule has 0 atom stereocenters. The molecular formula is C14H15N3O3. The van der Waals surface area contributed by atoms with E-state index in [-0.39, 0.29) is 5.69 Å². The second kappa shape index (κ2) is 5.97. The second-order valence-corrected chi connectivity index (χ2v) is 3.91. The number of ether oxygens (including phenoxy) is 2. The van der Waals surface area contributed by atoms with Crippen molar-refractivity contribution in [3.05, 3.63) is 23.9 Å². The topological polar surface area (TPSA) is 80.3 Å². The van der Waals surface area contributed by atoms with Crippen LogP contribution >= 0.6 is 0 Å². The minimum absolute atomic E-state index is 0.233. The van der Waals surface area contributed by atoms with E-state index in [4.69, 9.17) is 19.2 Å². The summed E-state index contributed by atoms with van der Waals surface area (Å²) in [5, 5.41) is 12.0. The highest BCUT2D eigenvalue weighted by atomic mass is 16.5. The summed E-state index contributed by atoms with van der Waals surface area (Å²) in [5.74, 6) is 1.93. The standard InChI is InChI=1S/C14H15N3O3/c1-4-16-14-10(8-15)17-13(20-14)9-5-6-11(18-2)12(7-9)19-3/h5-7,16H,4H2,1-3H3. The third-order valence-electron chi connectivity index (χ3n) is 2.70. The van der Waals surface area contributed by atoms with Crippen LogP contribution in [0.25, 0.3) is 11.5 Å². The number of nitriles is 1. The Balaban J connectivity index is 2.44. The van der Waals surface area contributed by atoms with E-state index >= 15 is 0 Å². The number of aromatic nitrogens is 1. The molecule has 1 aromatic heterocycles. The number of hydrogen-bond donors (Lipinski definition) is 1. The molecule has 6 heteroatoms. The number of rotatable bonds is 5. The predicted octanol–water partition coefficient (Wildman–Crippen LogP) is 2.66. The van der Waals surface area contributed by atoms with Gasteiger partial charge in [-0.3, -0.25) is 0 Å². The number of methoxy groups -OCH3 is 2. The van der Waals surface area contributed by atoms with Crippen LogP contribution in [0, 0.1) is 11.3 Å². The molecule has 1 aromatic carbocycles. The van der Waals surface area contributed by atoms with Gasteiger partial charge in [0.2, 0.25) is 17.5 Å². The first-order chi connectivity index (χ1) is 9.73. The molecule has 1 heterocycles. The van der Waals surface area contributed by atoms with Crippen LogP contribution in [0.4, 0.5) is 5.88 Å². The Labute approximate surface area is 116 Å². The maximum atomic E-state index is 9.03. The van der Waals surface area contributed by atoms with E-state index in [2.05, 4.69) is 10.3 Å². The van der Waals surface area contributed by atoms with Gasteiger partial charge in [-0.15, -0.1) is 0 Å². The van der Waals surface area contributed by atoms with Crippen molar-refractivity contribution >= 4 is 5.88 Å². The van der Waals surface area contributed by atoms with Crippen LogP contribution < -0.4 is 14.8 Å². The Morgan fingerprint density at radius 3 is 2.65 bits per heavy atom. The van der Waals surface area contributed by atoms with Crippen molar-refractivity contribution in [3.8, 4) is 29.0 Å². The van der Waals surface area contributed by atoms with Crippen LogP contribution in [0.5, 0.6) is 11.5 Å². The highest BCUT2D eigenvalue weighted by Gasteiger charge is 2.15. The van der Waals surface area contributed by atoms with Gasteiger partial charge >= 0.3 is 0 Å². The molecule has 0 aliphatic heterocycles. The zero-order chi connectivity index (χ0) is 14.5. The van der Waals surface area contributed by atoms with E-state index in [1.165, 1.54) is 0 Å². The first-order valence-corrected chi connectivity index (χ1v) is 6.10. The average Bonchev–Trinajstić information content (AvgIpc) is 2.90. The fraction of sp³-hybridized carbons (Fsp3) is 0.286. The van der Waals surface area contributed by atoms with Gasteiger partial charge in [-0.2, -0.15) is 10.2 Å². The lowest BCUT2D eigenvalue weighted by Crippen LogP contribution is -1.96. The first kappa shape index (κ1) is 13.7. The SMILES string of the molecule is CCNc1oc(-c2ccc(OC)c(OC)c2)nc1C#N. The van der Waals surface area contributed by atoms with Crippen LogP contribution in [-0.4, -0.2) is 25.7 Å². The summed E-state index contributed by atoms with van der Waals surface area (Å²) < 4.78 is 16.0. The van der Waals surface area contributed by atoms with E-state index in [9.17, 15) is 0 Å². The Bertz CT molecular complexity index is 644. The van der Waals surface area contributed by atoms with E-state index in [1.807, 2.05) is 13.0 Å². The summed E-state index contributed by atoms with van der Waals surface area (Å²) in [5.41, 5.74) is 0.944. The van der Waals surface area contributed by atoms with Gasteiger partial charge in [-0.05, 0) is 25.1 Å². The Morgan fingerprint density at radius 1 is 1.30 bits per heavy atom. The fourth-order valence-electron chi connectivity index (χ4n) is 1.77. The van der Waals surface area contributed by atoms with Crippen molar-refractivity contribution < 1.29 is 13.9 Å². The number of anilines is 1. The molecule has 0 radical (unpaired) electrons. The minimum Gasteiger partial charge on any atom is -0.493 e. The van der Waals surface area contributed by atoms with Crippen LogP contribution in [0.2, 0.25) is 0 Å². The van der Waals surface area contributed by atoms with Gasteiger partial charge in [0.05, 0.1) is 14.2 Å². The van der Waals surface area contributed by atoms with E-state index in [0.717, 1.165) is 0 Å². The molecule has 20 heavy (non-hydrogen) atoms. The van der Waals surface area contributed by atoms with Crippen molar-refractivity contribution in [2.24, 2.45) is 0 Å². The van der Waals surface area contributed by atoms with Gasteiger partial charge in [-0.1, -0.05) is 0 Å². The van der Waals surface area contributed by atoms with Gasteiger partial charge in [0.15, 0.2) is 11.5 Å². The van der Waals surface area contributed by atoms with Crippen molar-refractivity contribution in [3.63, 3.8) is 0 Å². The molecule has 1 N–H and O–H groups in total. The third kappa shape index (κ3) is 2.52. The maximum Gasteiger partial charge on any atom is 0.232 e. The molecule has 2 rings (SSSR count). The van der Waals surface area contributed by atoms with Crippen molar-refractivity contribution in [2.45, 2.75) is 6.92 Å². The molecule has 2 aromatic rings. The summed E-state index contributed by atoms with van der Waals surface area (Å²) in [6.07, 6.45) is 0. The maximum absolute atomic E-state index is 9.03. The minimum atomic E-state index is 0.233. The third-order valence-corrected chi connectivity index (χ3v) is 2.70. The monoisotopic (exact) mass is 273 g/mol. The molecule has 0 aliphatic carbocycles. The molecule has 0 saturated carbocycles. The average molecular weight is 273 g/mol. The summed E-state index contributed by atoms with van der Waals surface area (Å²) in [6, 6.07) is 7.31. The lowest BCUT2D eigenvalue weighted by molar-refractivity contribution is 0.355. The molecule has 0 fully saturated rings. The largest absolute Gasteiger partial charge is 0.493 e. The highest BCUT2D eigenvalue weighted by molar-refractivity contribution is 5.63. The van der Waals surface area contributed by atoms with Gasteiger partial charge in [0.25, 0.3) is 0 Å². The van der Waals surface area contributed by atoms with Crippen molar-refractivity contribution in [2.75, 3.05) is 26.1 Å². The van der Waals surface area contributed by atoms with Gasteiger partial charge < -0.3 is 19.2 Å². The number of oxazole rings is 1. The van der Waals surface area contributed by atoms with Crippen LogP contribution in [0.15, 0.2) is 22.6 Å². The van der Waals surface area contributed by atoms with E-state index < -0.39 is 0 Å². The lowest BCUT2D eigenvalue weighted by atomic mass is 10.2. The molecule has 0 aliphatic rings. The molecule has 0 unspecified atom stereocenters. The number of nitrogens with one attached hydrogen (secondary N) is 1. The van der Waals surface area contributed by atoms with Crippen LogP contribution in [-0.2, 0) is 0 Å². The summed E-state index contributed by atoms with van der Waals surface area (Å²) in [4.78, 5) is 4.16. The van der Waals surface area contributed by atoms with Gasteiger partial charge in [-0.25, -0.2) is 0 Å². The van der Waals surface area contributed by atoms with Crippen molar-refractivity contribution in [1.29, 1.82) is 5.26 Å². The van der Waals surface area contributed by atoms with Gasteiger partial charge in [0.1, 0.15) is 6.07 Å². The molecule has 0 bridgehead atoms. The Morgan fingerprint density at radius 2 is 2.05 bits per heavy atom. The molecule has 6 nitrogen and oxygen atoms in total. The Kier molecular flexibility index (Phi) is 4.11. The van der Waals surface area contributed by atoms with E-state index in [1.54, 1.807) is 32.4 Å². The molecule has 104 valence electrons. The molecule has 0 amide bonds. The van der Waals surface area contributed by atoms with Crippen LogP contribution in [0.1, 0.15) is 12.6 Å². The normalized spacial score (nSPS) is 9.90.